The van der Waals surface area contributed by atoms with Crippen molar-refractivity contribution >= 4 is 39.1 Å². The third-order valence-electron chi connectivity index (χ3n) is 5.85. The van der Waals surface area contributed by atoms with E-state index in [1.165, 1.54) is 16.4 Å². The number of aromatic nitrogens is 1. The molecule has 3 aromatic carbocycles. The largest absolute Gasteiger partial charge is 0.378 e. The normalized spacial score (nSPS) is 14.4. The van der Waals surface area contributed by atoms with Crippen LogP contribution in [-0.2, 0) is 11.3 Å². The van der Waals surface area contributed by atoms with Gasteiger partial charge in [-0.15, -0.1) is 0 Å². The zero-order valence-corrected chi connectivity index (χ0v) is 17.1. The minimum Gasteiger partial charge on any atom is -0.378 e. The van der Waals surface area contributed by atoms with Crippen LogP contribution in [0.2, 0.25) is 0 Å². The molecule has 1 N–H and O–H groups in total. The van der Waals surface area contributed by atoms with Crippen LogP contribution in [0.5, 0.6) is 0 Å². The van der Waals surface area contributed by atoms with E-state index >= 15 is 0 Å². The smallest absolute Gasteiger partial charge is 0.255 e. The van der Waals surface area contributed by atoms with Crippen LogP contribution in [0.1, 0.15) is 17.3 Å². The Labute approximate surface area is 175 Å². The zero-order chi connectivity index (χ0) is 20.5. The highest BCUT2D eigenvalue weighted by Gasteiger charge is 2.14. The van der Waals surface area contributed by atoms with E-state index in [0.717, 1.165) is 49.6 Å². The second-order valence-electron chi connectivity index (χ2n) is 7.59. The Morgan fingerprint density at radius 3 is 2.43 bits per heavy atom. The number of nitrogens with zero attached hydrogens (tertiary/aromatic N) is 2. The first-order chi connectivity index (χ1) is 14.7. The van der Waals surface area contributed by atoms with Gasteiger partial charge in [-0.25, -0.2) is 0 Å². The van der Waals surface area contributed by atoms with Gasteiger partial charge in [-0.1, -0.05) is 18.2 Å². The molecular weight excluding hydrogens is 374 g/mol. The SMILES string of the molecule is CCn1c2ccccc2c2cc(NC(=O)c3ccc(N4CCOCC4)cc3)ccc21. The summed E-state index contributed by atoms with van der Waals surface area (Å²) in [5.74, 6) is -0.0953. The van der Waals surface area contributed by atoms with Gasteiger partial charge in [-0.05, 0) is 55.5 Å². The quantitative estimate of drug-likeness (QED) is 0.531. The lowest BCUT2D eigenvalue weighted by molar-refractivity contribution is 0.102. The summed E-state index contributed by atoms with van der Waals surface area (Å²) >= 11 is 0. The first-order valence-electron chi connectivity index (χ1n) is 10.5. The lowest BCUT2D eigenvalue weighted by Gasteiger charge is -2.28. The number of nitrogens with one attached hydrogen (secondary N) is 1. The van der Waals surface area contributed by atoms with Gasteiger partial charge in [0, 0.05) is 58.4 Å². The predicted octanol–water partition coefficient (Wildman–Crippen LogP) is 4.90. The molecule has 0 aliphatic carbocycles. The molecule has 152 valence electrons. The molecule has 0 saturated carbocycles. The van der Waals surface area contributed by atoms with Crippen LogP contribution < -0.4 is 10.2 Å². The number of morpholine rings is 1. The van der Waals surface area contributed by atoms with Crippen LogP contribution >= 0.6 is 0 Å². The zero-order valence-electron chi connectivity index (χ0n) is 17.1. The van der Waals surface area contributed by atoms with Crippen molar-refractivity contribution in [1.82, 2.24) is 4.57 Å². The number of hydrogen-bond acceptors (Lipinski definition) is 3. The van der Waals surface area contributed by atoms with Gasteiger partial charge >= 0.3 is 0 Å². The predicted molar refractivity (Wildman–Crippen MR) is 123 cm³/mol. The minimum atomic E-state index is -0.0953. The molecule has 1 aromatic heterocycles. The van der Waals surface area contributed by atoms with Crippen LogP contribution in [-0.4, -0.2) is 36.8 Å². The molecule has 1 aliphatic rings. The van der Waals surface area contributed by atoms with E-state index in [1.54, 1.807) is 0 Å². The monoisotopic (exact) mass is 399 g/mol. The van der Waals surface area contributed by atoms with E-state index in [4.69, 9.17) is 4.74 Å². The van der Waals surface area contributed by atoms with Gasteiger partial charge < -0.3 is 19.5 Å². The molecule has 5 rings (SSSR count). The summed E-state index contributed by atoms with van der Waals surface area (Å²) in [5, 5.41) is 5.43. The minimum absolute atomic E-state index is 0.0953. The molecule has 0 atom stereocenters. The average molecular weight is 399 g/mol. The first-order valence-corrected chi connectivity index (χ1v) is 10.5. The van der Waals surface area contributed by atoms with Crippen molar-refractivity contribution in [2.45, 2.75) is 13.5 Å². The molecule has 4 aromatic rings. The van der Waals surface area contributed by atoms with Crippen molar-refractivity contribution in [2.24, 2.45) is 0 Å². The maximum atomic E-state index is 12.8. The van der Waals surface area contributed by atoms with Crippen LogP contribution in [0.3, 0.4) is 0 Å². The maximum Gasteiger partial charge on any atom is 0.255 e. The number of ether oxygens (including phenoxy) is 1. The Morgan fingerprint density at radius 2 is 1.67 bits per heavy atom. The number of benzene rings is 3. The fraction of sp³-hybridized carbons (Fsp3) is 0.240. The summed E-state index contributed by atoms with van der Waals surface area (Å²) in [5.41, 5.74) is 5.00. The number of amides is 1. The first kappa shape index (κ1) is 18.7. The van der Waals surface area contributed by atoms with Gasteiger partial charge in [0.2, 0.25) is 0 Å². The summed E-state index contributed by atoms with van der Waals surface area (Å²) in [6, 6.07) is 22.4. The molecule has 2 heterocycles. The summed E-state index contributed by atoms with van der Waals surface area (Å²) in [4.78, 5) is 15.1. The van der Waals surface area contributed by atoms with E-state index in [-0.39, 0.29) is 5.91 Å². The summed E-state index contributed by atoms with van der Waals surface area (Å²) in [6.45, 7) is 6.33. The number of carbonyl (C=O) groups excluding carboxylic acids is 1. The molecule has 30 heavy (non-hydrogen) atoms. The number of para-hydroxylation sites is 1. The number of fused-ring (bicyclic) bond motifs is 3. The Hall–Kier alpha value is -3.31. The number of rotatable bonds is 4. The van der Waals surface area contributed by atoms with Crippen molar-refractivity contribution in [2.75, 3.05) is 36.5 Å². The number of aryl methyl sites for hydroxylation is 1. The highest BCUT2D eigenvalue weighted by molar-refractivity contribution is 6.11. The van der Waals surface area contributed by atoms with Crippen LogP contribution in [0.15, 0.2) is 66.7 Å². The van der Waals surface area contributed by atoms with Gasteiger partial charge in [0.1, 0.15) is 0 Å². The number of hydrogen-bond donors (Lipinski definition) is 1. The Morgan fingerprint density at radius 1 is 0.933 bits per heavy atom. The van der Waals surface area contributed by atoms with Crippen molar-refractivity contribution in [3.05, 3.63) is 72.3 Å². The molecule has 1 fully saturated rings. The highest BCUT2D eigenvalue weighted by atomic mass is 16.5. The standard InChI is InChI=1S/C25H25N3O2/c1-2-28-23-6-4-3-5-21(23)22-17-19(9-12-24(22)28)26-25(29)18-7-10-20(11-8-18)27-13-15-30-16-14-27/h3-12,17H,2,13-16H2,1H3,(H,26,29). The van der Waals surface area contributed by atoms with Gasteiger partial charge in [0.15, 0.2) is 0 Å². The van der Waals surface area contributed by atoms with E-state index in [2.05, 4.69) is 58.1 Å². The maximum absolute atomic E-state index is 12.8. The highest BCUT2D eigenvalue weighted by Crippen LogP contribution is 2.31. The fourth-order valence-electron chi connectivity index (χ4n) is 4.32. The molecule has 0 bridgehead atoms. The lowest BCUT2D eigenvalue weighted by atomic mass is 10.1. The molecule has 1 aliphatic heterocycles. The Balaban J connectivity index is 1.40. The molecular formula is C25H25N3O2. The van der Waals surface area contributed by atoms with E-state index in [9.17, 15) is 4.79 Å². The second-order valence-corrected chi connectivity index (χ2v) is 7.59. The van der Waals surface area contributed by atoms with Crippen LogP contribution in [0.25, 0.3) is 21.8 Å². The molecule has 1 amide bonds. The van der Waals surface area contributed by atoms with Gasteiger partial charge in [-0.3, -0.25) is 4.79 Å². The van der Waals surface area contributed by atoms with E-state index in [0.29, 0.717) is 5.56 Å². The average Bonchev–Trinajstić information content (AvgIpc) is 3.13. The van der Waals surface area contributed by atoms with Crippen molar-refractivity contribution in [3.63, 3.8) is 0 Å². The summed E-state index contributed by atoms with van der Waals surface area (Å²) in [7, 11) is 0. The van der Waals surface area contributed by atoms with Crippen LogP contribution in [0, 0.1) is 0 Å². The number of anilines is 2. The third-order valence-corrected chi connectivity index (χ3v) is 5.85. The summed E-state index contributed by atoms with van der Waals surface area (Å²) in [6.07, 6.45) is 0. The molecule has 1 saturated heterocycles. The molecule has 5 heteroatoms. The second kappa shape index (κ2) is 7.84. The van der Waals surface area contributed by atoms with Crippen molar-refractivity contribution < 1.29 is 9.53 Å². The molecule has 0 radical (unpaired) electrons. The Kier molecular flexibility index (Phi) is 4.89. The topological polar surface area (TPSA) is 46.5 Å². The van der Waals surface area contributed by atoms with Crippen molar-refractivity contribution in [3.8, 4) is 0 Å². The fourth-order valence-corrected chi connectivity index (χ4v) is 4.32. The Bertz CT molecular complexity index is 1200. The van der Waals surface area contributed by atoms with Gasteiger partial charge in [-0.2, -0.15) is 0 Å². The summed E-state index contributed by atoms with van der Waals surface area (Å²) < 4.78 is 7.71. The molecule has 0 spiro atoms. The number of carbonyl (C=O) groups is 1. The third kappa shape index (κ3) is 3.31. The van der Waals surface area contributed by atoms with Gasteiger partial charge in [0.05, 0.1) is 13.2 Å². The van der Waals surface area contributed by atoms with E-state index in [1.807, 2.05) is 30.3 Å². The molecule has 5 nitrogen and oxygen atoms in total. The lowest BCUT2D eigenvalue weighted by Crippen LogP contribution is -2.36. The van der Waals surface area contributed by atoms with Crippen molar-refractivity contribution in [1.29, 1.82) is 0 Å². The van der Waals surface area contributed by atoms with E-state index < -0.39 is 0 Å². The van der Waals surface area contributed by atoms with Crippen LogP contribution in [0.4, 0.5) is 11.4 Å². The van der Waals surface area contributed by atoms with Gasteiger partial charge in [0.25, 0.3) is 5.91 Å². The molecule has 0 unspecified atom stereocenters.